The monoisotopic (exact) mass is 739 g/mol. The van der Waals surface area contributed by atoms with E-state index in [-0.39, 0.29) is 5.41 Å². The minimum atomic E-state index is 0.000636. The standard InChI is InChI=1S/C54H49N3/c1-6-38(34-42-20-10-11-21-44(42)43-32-33-49-52(36(43)2)47-24-12-15-25-48(47)54(49,4)5)40-30-28-39(29-31-40)37(3)56-53(41-18-8-7-9-19-41)55-35-57-50-26-16-13-22-45(50)46-23-14-17-27-51(46)57/h7-33,38H,6,34-35H2,1-5H3/b55-53-,56-37?. The van der Waals surface area contributed by atoms with Crippen molar-refractivity contribution in [1.29, 1.82) is 0 Å². The van der Waals surface area contributed by atoms with Crippen molar-refractivity contribution in [2.75, 3.05) is 0 Å². The van der Waals surface area contributed by atoms with E-state index in [9.17, 15) is 0 Å². The Morgan fingerprint density at radius 1 is 0.596 bits per heavy atom. The molecule has 0 fully saturated rings. The molecule has 1 aromatic heterocycles. The molecule has 0 radical (unpaired) electrons. The van der Waals surface area contributed by atoms with Crippen LogP contribution in [0.2, 0.25) is 0 Å². The molecule has 1 unspecified atom stereocenters. The molecule has 57 heavy (non-hydrogen) atoms. The van der Waals surface area contributed by atoms with Crippen LogP contribution in [-0.2, 0) is 18.5 Å². The Labute approximate surface area is 337 Å². The summed E-state index contributed by atoms with van der Waals surface area (Å²) < 4.78 is 2.29. The Morgan fingerprint density at radius 3 is 1.91 bits per heavy atom. The van der Waals surface area contributed by atoms with Gasteiger partial charge in [0.15, 0.2) is 5.84 Å². The number of fused-ring (bicyclic) bond motifs is 6. The number of para-hydroxylation sites is 2. The molecular formula is C54H49N3. The fraction of sp³-hybridized carbons (Fsp3) is 0.185. The summed E-state index contributed by atoms with van der Waals surface area (Å²) in [6.07, 6.45) is 2.03. The molecule has 3 nitrogen and oxygen atoms in total. The van der Waals surface area contributed by atoms with E-state index in [1.54, 1.807) is 0 Å². The molecule has 0 N–H and O–H groups in total. The first kappa shape index (κ1) is 36.3. The van der Waals surface area contributed by atoms with Crippen LogP contribution in [0.25, 0.3) is 44.1 Å². The molecule has 3 heteroatoms. The number of benzene rings is 7. The maximum Gasteiger partial charge on any atom is 0.156 e. The van der Waals surface area contributed by atoms with E-state index in [0.29, 0.717) is 12.6 Å². The van der Waals surface area contributed by atoms with Gasteiger partial charge in [-0.25, -0.2) is 9.98 Å². The molecule has 0 saturated carbocycles. The summed E-state index contributed by atoms with van der Waals surface area (Å²) in [6.45, 7) is 11.9. The van der Waals surface area contributed by atoms with Crippen LogP contribution in [0, 0.1) is 6.92 Å². The highest BCUT2D eigenvalue weighted by Crippen LogP contribution is 2.51. The second kappa shape index (κ2) is 15.0. The van der Waals surface area contributed by atoms with Crippen LogP contribution >= 0.6 is 0 Å². The van der Waals surface area contributed by atoms with Gasteiger partial charge >= 0.3 is 0 Å². The van der Waals surface area contributed by atoms with Crippen molar-refractivity contribution in [3.8, 4) is 22.3 Å². The van der Waals surface area contributed by atoms with E-state index < -0.39 is 0 Å². The van der Waals surface area contributed by atoms with E-state index in [0.717, 1.165) is 35.5 Å². The van der Waals surface area contributed by atoms with Crippen molar-refractivity contribution in [2.45, 2.75) is 65.5 Å². The Kier molecular flexibility index (Phi) is 9.54. The van der Waals surface area contributed by atoms with Gasteiger partial charge in [0.1, 0.15) is 6.67 Å². The van der Waals surface area contributed by atoms with Crippen molar-refractivity contribution < 1.29 is 0 Å². The van der Waals surface area contributed by atoms with Crippen molar-refractivity contribution in [3.63, 3.8) is 0 Å². The van der Waals surface area contributed by atoms with Gasteiger partial charge < -0.3 is 4.57 Å². The minimum Gasteiger partial charge on any atom is -0.320 e. The fourth-order valence-corrected chi connectivity index (χ4v) is 9.28. The Hall–Kier alpha value is -6.32. The molecule has 1 atom stereocenters. The van der Waals surface area contributed by atoms with Gasteiger partial charge in [-0.1, -0.05) is 172 Å². The van der Waals surface area contributed by atoms with Gasteiger partial charge in [-0.05, 0) is 100 Å². The minimum absolute atomic E-state index is 0.000636. The Bertz CT molecular complexity index is 2760. The highest BCUT2D eigenvalue weighted by Gasteiger charge is 2.36. The summed E-state index contributed by atoms with van der Waals surface area (Å²) in [5, 5.41) is 2.48. The van der Waals surface area contributed by atoms with E-state index in [1.807, 2.05) is 6.07 Å². The van der Waals surface area contributed by atoms with Crippen molar-refractivity contribution >= 4 is 33.4 Å². The average Bonchev–Trinajstić information content (AvgIpc) is 3.70. The van der Waals surface area contributed by atoms with Gasteiger partial charge in [0.05, 0.1) is 11.0 Å². The molecule has 280 valence electrons. The zero-order valence-corrected chi connectivity index (χ0v) is 33.6. The first-order valence-electron chi connectivity index (χ1n) is 20.4. The second-order valence-corrected chi connectivity index (χ2v) is 16.1. The predicted molar refractivity (Wildman–Crippen MR) is 242 cm³/mol. The smallest absolute Gasteiger partial charge is 0.156 e. The number of rotatable bonds is 9. The lowest BCUT2D eigenvalue weighted by atomic mass is 9.80. The zero-order valence-electron chi connectivity index (χ0n) is 33.6. The predicted octanol–water partition coefficient (Wildman–Crippen LogP) is 13.7. The largest absolute Gasteiger partial charge is 0.320 e. The summed E-state index contributed by atoms with van der Waals surface area (Å²) in [5.74, 6) is 1.12. The SMILES string of the molecule is CCC(Cc1ccccc1-c1ccc2c(c1C)-c1ccccc1C2(C)C)c1ccc(C(C)=N/C(=N\Cn2c3ccccc3c3ccccc32)c2ccccc2)cc1. The van der Waals surface area contributed by atoms with Crippen LogP contribution in [0.3, 0.4) is 0 Å². The van der Waals surface area contributed by atoms with Crippen molar-refractivity contribution in [3.05, 3.63) is 203 Å². The fourth-order valence-electron chi connectivity index (χ4n) is 9.28. The summed E-state index contributed by atoms with van der Waals surface area (Å²) in [6, 6.07) is 59.3. The molecule has 0 saturated heterocycles. The van der Waals surface area contributed by atoms with Gasteiger partial charge in [0, 0.05) is 27.5 Å². The van der Waals surface area contributed by atoms with Gasteiger partial charge in [-0.3, -0.25) is 0 Å². The van der Waals surface area contributed by atoms with Gasteiger partial charge in [0.2, 0.25) is 0 Å². The van der Waals surface area contributed by atoms with Gasteiger partial charge in [-0.15, -0.1) is 0 Å². The van der Waals surface area contributed by atoms with E-state index in [4.69, 9.17) is 9.98 Å². The van der Waals surface area contributed by atoms with E-state index in [2.05, 4.69) is 197 Å². The lowest BCUT2D eigenvalue weighted by molar-refractivity contribution is 0.659. The molecule has 7 aromatic carbocycles. The third kappa shape index (κ3) is 6.51. The molecule has 1 aliphatic rings. The first-order chi connectivity index (χ1) is 27.8. The average molecular weight is 740 g/mol. The number of hydrogen-bond acceptors (Lipinski definition) is 1. The number of amidine groups is 1. The first-order valence-corrected chi connectivity index (χ1v) is 20.4. The Balaban J connectivity index is 0.999. The Morgan fingerprint density at radius 2 is 1.21 bits per heavy atom. The molecule has 1 aliphatic carbocycles. The summed E-state index contributed by atoms with van der Waals surface area (Å²) in [5.41, 5.74) is 17.9. The molecule has 0 spiro atoms. The van der Waals surface area contributed by atoms with Crippen LogP contribution in [0.5, 0.6) is 0 Å². The van der Waals surface area contributed by atoms with Crippen LogP contribution in [0.15, 0.2) is 174 Å². The summed E-state index contributed by atoms with van der Waals surface area (Å²) in [4.78, 5) is 10.4. The molecule has 9 rings (SSSR count). The van der Waals surface area contributed by atoms with E-state index in [1.165, 1.54) is 71.9 Å². The number of hydrogen-bond donors (Lipinski definition) is 0. The molecular weight excluding hydrogens is 691 g/mol. The quantitative estimate of drug-likeness (QED) is 0.104. The normalized spacial score (nSPS) is 14.2. The van der Waals surface area contributed by atoms with Crippen LogP contribution in [0.4, 0.5) is 0 Å². The van der Waals surface area contributed by atoms with Gasteiger partial charge in [-0.2, -0.15) is 0 Å². The number of aliphatic imine (C=N–C) groups is 2. The van der Waals surface area contributed by atoms with Crippen molar-refractivity contribution in [1.82, 2.24) is 4.57 Å². The summed E-state index contributed by atoms with van der Waals surface area (Å²) >= 11 is 0. The molecule has 8 aromatic rings. The van der Waals surface area contributed by atoms with Crippen LogP contribution < -0.4 is 0 Å². The van der Waals surface area contributed by atoms with Gasteiger partial charge in [0.25, 0.3) is 0 Å². The summed E-state index contributed by atoms with van der Waals surface area (Å²) in [7, 11) is 0. The molecule has 0 bridgehead atoms. The highest BCUT2D eigenvalue weighted by molar-refractivity contribution is 6.12. The maximum absolute atomic E-state index is 5.19. The zero-order chi connectivity index (χ0) is 39.1. The number of nitrogens with zero attached hydrogens (tertiary/aromatic N) is 3. The maximum atomic E-state index is 5.19. The van der Waals surface area contributed by atoms with Crippen molar-refractivity contribution in [2.24, 2.45) is 9.98 Å². The molecule has 1 heterocycles. The lowest BCUT2D eigenvalue weighted by Crippen LogP contribution is -2.15. The lowest BCUT2D eigenvalue weighted by Gasteiger charge is -2.23. The number of aromatic nitrogens is 1. The van der Waals surface area contributed by atoms with Crippen LogP contribution in [0.1, 0.15) is 79.0 Å². The molecule has 0 aliphatic heterocycles. The topological polar surface area (TPSA) is 29.6 Å². The third-order valence-corrected chi connectivity index (χ3v) is 12.4. The van der Waals surface area contributed by atoms with Crippen LogP contribution in [-0.4, -0.2) is 16.1 Å². The van der Waals surface area contributed by atoms with E-state index >= 15 is 0 Å². The third-order valence-electron chi connectivity index (χ3n) is 12.4. The highest BCUT2D eigenvalue weighted by atomic mass is 15.1. The molecule has 0 amide bonds. The second-order valence-electron chi connectivity index (χ2n) is 16.1.